The maximum Gasteiger partial charge on any atom is 0.451 e. The van der Waals surface area contributed by atoms with E-state index in [0.29, 0.717) is 18.3 Å². The first-order valence-electron chi connectivity index (χ1n) is 4.77. The molecule has 2 heterocycles. The van der Waals surface area contributed by atoms with Crippen LogP contribution in [0.15, 0.2) is 0 Å². The Labute approximate surface area is 103 Å². The summed E-state index contributed by atoms with van der Waals surface area (Å²) in [5, 5.41) is 5.82. The molecule has 1 aromatic heterocycles. The predicted molar refractivity (Wildman–Crippen MR) is 55.6 cm³/mol. The van der Waals surface area contributed by atoms with Gasteiger partial charge in [-0.15, -0.1) is 5.10 Å². The van der Waals surface area contributed by atoms with Crippen LogP contribution in [0.25, 0.3) is 0 Å². The number of H-pyrrole nitrogens is 1. The number of nitrogens with one attached hydrogen (secondary N) is 1. The van der Waals surface area contributed by atoms with Crippen molar-refractivity contribution in [1.29, 1.82) is 0 Å². The van der Waals surface area contributed by atoms with Gasteiger partial charge in [-0.25, -0.2) is 0 Å². The topological polar surface area (TPSA) is 61.9 Å². The lowest BCUT2D eigenvalue weighted by atomic mass is 10.2. The zero-order chi connectivity index (χ0) is 12.6. The highest BCUT2D eigenvalue weighted by atomic mass is 79.9. The normalized spacial score (nSPS) is 21.3. The molecule has 1 aliphatic heterocycles. The van der Waals surface area contributed by atoms with Gasteiger partial charge in [-0.2, -0.15) is 18.2 Å². The third-order valence-electron chi connectivity index (χ3n) is 2.41. The second-order valence-electron chi connectivity index (χ2n) is 3.71. The number of rotatable bonds is 2. The Balaban J connectivity index is 2.19. The molecule has 94 valence electrons. The second kappa shape index (κ2) is 4.28. The Hall–Kier alpha value is -1.12. The molecule has 1 saturated heterocycles. The lowest BCUT2D eigenvalue weighted by Gasteiger charge is -2.10. The number of anilines is 1. The fourth-order valence-electron chi connectivity index (χ4n) is 1.58. The third-order valence-corrected chi connectivity index (χ3v) is 3.32. The van der Waals surface area contributed by atoms with Crippen LogP contribution in [0.5, 0.6) is 0 Å². The number of amides is 1. The number of halogens is 4. The van der Waals surface area contributed by atoms with Crippen molar-refractivity contribution < 1.29 is 18.0 Å². The molecule has 1 aliphatic rings. The molecule has 1 fully saturated rings. The van der Waals surface area contributed by atoms with Crippen molar-refractivity contribution in [2.45, 2.75) is 12.6 Å². The molecule has 5 nitrogen and oxygen atoms in total. The third kappa shape index (κ3) is 2.43. The van der Waals surface area contributed by atoms with Gasteiger partial charge in [-0.1, -0.05) is 15.9 Å². The molecule has 1 amide bonds. The Morgan fingerprint density at radius 3 is 2.71 bits per heavy atom. The van der Waals surface area contributed by atoms with E-state index in [4.69, 9.17) is 0 Å². The van der Waals surface area contributed by atoms with E-state index in [2.05, 4.69) is 26.0 Å². The van der Waals surface area contributed by atoms with E-state index in [1.165, 1.54) is 0 Å². The number of nitrogens with zero attached hydrogens (tertiary/aromatic N) is 3. The highest BCUT2D eigenvalue weighted by molar-refractivity contribution is 9.09. The minimum Gasteiger partial charge on any atom is -0.279 e. The van der Waals surface area contributed by atoms with E-state index in [1.54, 1.807) is 5.10 Å². The molecular formula is C8H8BrF3N4O. The van der Waals surface area contributed by atoms with Gasteiger partial charge in [-0.05, 0) is 5.92 Å². The molecule has 1 N–H and O–H groups in total. The van der Waals surface area contributed by atoms with Gasteiger partial charge in [0.1, 0.15) is 0 Å². The highest BCUT2D eigenvalue weighted by Gasteiger charge is 2.38. The molecule has 1 unspecified atom stereocenters. The van der Waals surface area contributed by atoms with Crippen LogP contribution in [-0.2, 0) is 11.0 Å². The van der Waals surface area contributed by atoms with Crippen LogP contribution >= 0.6 is 15.9 Å². The van der Waals surface area contributed by atoms with Crippen LogP contribution in [0.3, 0.4) is 0 Å². The number of carbonyl (C=O) groups is 1. The van der Waals surface area contributed by atoms with Crippen molar-refractivity contribution in [3.63, 3.8) is 0 Å². The first kappa shape index (κ1) is 12.3. The summed E-state index contributed by atoms with van der Waals surface area (Å²) in [5.41, 5.74) is 0. The van der Waals surface area contributed by atoms with Gasteiger partial charge < -0.3 is 0 Å². The Morgan fingerprint density at radius 2 is 2.24 bits per heavy atom. The van der Waals surface area contributed by atoms with E-state index >= 15 is 0 Å². The summed E-state index contributed by atoms with van der Waals surface area (Å²) in [6, 6.07) is 0. The van der Waals surface area contributed by atoms with Gasteiger partial charge in [0.05, 0.1) is 0 Å². The number of alkyl halides is 4. The molecule has 0 radical (unpaired) electrons. The summed E-state index contributed by atoms with van der Waals surface area (Å²) >= 11 is 3.23. The van der Waals surface area contributed by atoms with E-state index in [0.717, 1.165) is 4.90 Å². The average Bonchev–Trinajstić information content (AvgIpc) is 2.82. The first-order chi connectivity index (χ1) is 7.91. The lowest BCUT2D eigenvalue weighted by Crippen LogP contribution is -2.26. The number of carbonyl (C=O) groups excluding carboxylic acids is 1. The minimum atomic E-state index is -4.58. The SMILES string of the molecule is O=C1CC(CBr)CN1c1n[nH]c(C(F)(F)F)n1. The molecule has 0 bridgehead atoms. The highest BCUT2D eigenvalue weighted by Crippen LogP contribution is 2.29. The van der Waals surface area contributed by atoms with E-state index in [-0.39, 0.29) is 17.8 Å². The molecular weight excluding hydrogens is 305 g/mol. The van der Waals surface area contributed by atoms with E-state index in [1.807, 2.05) is 0 Å². The van der Waals surface area contributed by atoms with E-state index in [9.17, 15) is 18.0 Å². The molecule has 0 spiro atoms. The summed E-state index contributed by atoms with van der Waals surface area (Å²) in [7, 11) is 0. The standard InChI is InChI=1S/C8H8BrF3N4O/c9-2-4-1-5(17)16(3-4)7-13-6(14-15-7)8(10,11)12/h4H,1-3H2,(H,13,14,15). The van der Waals surface area contributed by atoms with Crippen molar-refractivity contribution in [1.82, 2.24) is 15.2 Å². The fourth-order valence-corrected chi connectivity index (χ4v) is 2.01. The monoisotopic (exact) mass is 312 g/mol. The fraction of sp³-hybridized carbons (Fsp3) is 0.625. The molecule has 9 heteroatoms. The Bertz CT molecular complexity index is 433. The van der Waals surface area contributed by atoms with Crippen molar-refractivity contribution in [2.24, 2.45) is 5.92 Å². The predicted octanol–water partition coefficient (Wildman–Crippen LogP) is 1.57. The quantitative estimate of drug-likeness (QED) is 0.843. The summed E-state index contributed by atoms with van der Waals surface area (Å²) in [4.78, 5) is 16.0. The Kier molecular flexibility index (Phi) is 3.11. The van der Waals surface area contributed by atoms with Crippen molar-refractivity contribution in [3.8, 4) is 0 Å². The molecule has 2 rings (SSSR count). The Morgan fingerprint density at radius 1 is 1.53 bits per heavy atom. The van der Waals surface area contributed by atoms with Crippen LogP contribution in [0.2, 0.25) is 0 Å². The van der Waals surface area contributed by atoms with Crippen LogP contribution < -0.4 is 4.90 Å². The van der Waals surface area contributed by atoms with Crippen LogP contribution in [0, 0.1) is 5.92 Å². The molecule has 0 aliphatic carbocycles. The first-order valence-corrected chi connectivity index (χ1v) is 5.90. The summed E-state index contributed by atoms with van der Waals surface area (Å²) in [6.07, 6.45) is -4.29. The zero-order valence-corrected chi connectivity index (χ0v) is 10.0. The van der Waals surface area contributed by atoms with Crippen molar-refractivity contribution >= 4 is 27.8 Å². The molecule has 1 aromatic rings. The van der Waals surface area contributed by atoms with E-state index < -0.39 is 12.0 Å². The summed E-state index contributed by atoms with van der Waals surface area (Å²) in [6.45, 7) is 0.333. The molecule has 0 saturated carbocycles. The average molecular weight is 313 g/mol. The zero-order valence-electron chi connectivity index (χ0n) is 8.46. The van der Waals surface area contributed by atoms with Gasteiger partial charge in [0.2, 0.25) is 11.7 Å². The number of aromatic nitrogens is 3. The van der Waals surface area contributed by atoms with Gasteiger partial charge in [0.25, 0.3) is 5.95 Å². The van der Waals surface area contributed by atoms with Gasteiger partial charge in [0.15, 0.2) is 0 Å². The lowest BCUT2D eigenvalue weighted by molar-refractivity contribution is -0.144. The van der Waals surface area contributed by atoms with Gasteiger partial charge in [-0.3, -0.25) is 14.8 Å². The van der Waals surface area contributed by atoms with Crippen molar-refractivity contribution in [2.75, 3.05) is 16.8 Å². The van der Waals surface area contributed by atoms with Crippen molar-refractivity contribution in [3.05, 3.63) is 5.82 Å². The second-order valence-corrected chi connectivity index (χ2v) is 4.36. The van der Waals surface area contributed by atoms with Gasteiger partial charge in [0, 0.05) is 18.3 Å². The molecule has 0 aromatic carbocycles. The van der Waals surface area contributed by atoms with Crippen LogP contribution in [0.1, 0.15) is 12.2 Å². The largest absolute Gasteiger partial charge is 0.451 e. The number of hydrogen-bond donors (Lipinski definition) is 1. The molecule has 17 heavy (non-hydrogen) atoms. The van der Waals surface area contributed by atoms with Crippen LogP contribution in [0.4, 0.5) is 19.1 Å². The molecule has 1 atom stereocenters. The number of hydrogen-bond acceptors (Lipinski definition) is 3. The minimum absolute atomic E-state index is 0.0790. The van der Waals surface area contributed by atoms with Crippen LogP contribution in [-0.4, -0.2) is 33.0 Å². The summed E-state index contributed by atoms with van der Waals surface area (Å²) < 4.78 is 36.9. The summed E-state index contributed by atoms with van der Waals surface area (Å²) in [5.74, 6) is -1.59. The maximum absolute atomic E-state index is 12.3. The van der Waals surface area contributed by atoms with Gasteiger partial charge >= 0.3 is 6.18 Å². The smallest absolute Gasteiger partial charge is 0.279 e. The number of aromatic amines is 1. The maximum atomic E-state index is 12.3.